The summed E-state index contributed by atoms with van der Waals surface area (Å²) in [6, 6.07) is 11.0. The number of nitrogens with zero attached hydrogens (tertiary/aromatic N) is 4. The number of phenols is 1. The van der Waals surface area contributed by atoms with Gasteiger partial charge in [-0.15, -0.1) is 0 Å². The van der Waals surface area contributed by atoms with Crippen molar-refractivity contribution < 1.29 is 19.0 Å². The summed E-state index contributed by atoms with van der Waals surface area (Å²) < 4.78 is 30.5. The van der Waals surface area contributed by atoms with E-state index in [0.29, 0.717) is 44.4 Å². The SMILES string of the molecule is CCc1cc(O)c(F)cc1-c1ccc2c(-c3nc(CN)cn3COCC[Si](C)(C)C)nn(COCC[Si](C)(C)C)c2c1. The normalized spacial score (nSPS) is 12.5. The van der Waals surface area contributed by atoms with Crippen molar-refractivity contribution in [3.63, 3.8) is 0 Å². The number of aryl methyl sites for hydroxylation is 1. The molecule has 0 saturated carbocycles. The van der Waals surface area contributed by atoms with Gasteiger partial charge in [-0.05, 0) is 59.5 Å². The number of fused-ring (bicyclic) bond motifs is 1. The average Bonchev–Trinajstić information content (AvgIpc) is 3.50. The molecule has 0 saturated heterocycles. The zero-order valence-corrected chi connectivity index (χ0v) is 28.1. The maximum atomic E-state index is 14.5. The minimum Gasteiger partial charge on any atom is -0.505 e. The molecule has 2 heterocycles. The van der Waals surface area contributed by atoms with E-state index >= 15 is 0 Å². The Labute approximate surface area is 250 Å². The third-order valence-corrected chi connectivity index (χ3v) is 10.7. The molecule has 2 aromatic carbocycles. The van der Waals surface area contributed by atoms with Crippen LogP contribution in [0.2, 0.25) is 51.4 Å². The third-order valence-electron chi connectivity index (χ3n) is 7.30. The molecule has 0 unspecified atom stereocenters. The second-order valence-electron chi connectivity index (χ2n) is 13.3. The summed E-state index contributed by atoms with van der Waals surface area (Å²) in [5.41, 5.74) is 10.8. The number of halogens is 1. The van der Waals surface area contributed by atoms with Gasteiger partial charge in [-0.1, -0.05) is 52.3 Å². The van der Waals surface area contributed by atoms with Crippen LogP contribution in [0.1, 0.15) is 18.2 Å². The molecule has 4 aromatic rings. The van der Waals surface area contributed by atoms with E-state index in [9.17, 15) is 9.50 Å². The van der Waals surface area contributed by atoms with Gasteiger partial charge in [0, 0.05) is 47.5 Å². The second-order valence-corrected chi connectivity index (χ2v) is 24.6. The lowest BCUT2D eigenvalue weighted by Crippen LogP contribution is -2.22. The predicted molar refractivity (Wildman–Crippen MR) is 173 cm³/mol. The number of benzene rings is 2. The van der Waals surface area contributed by atoms with Gasteiger partial charge in [0.25, 0.3) is 0 Å². The number of aromatic hydroxyl groups is 1. The molecule has 3 N–H and O–H groups in total. The van der Waals surface area contributed by atoms with E-state index in [1.807, 2.05) is 40.6 Å². The average molecular weight is 612 g/mol. The molecule has 0 radical (unpaired) electrons. The molecule has 0 aliphatic carbocycles. The Hall–Kier alpha value is -2.84. The third kappa shape index (κ3) is 7.96. The number of phenolic OH excluding ortho intramolecular Hbond substituents is 1. The van der Waals surface area contributed by atoms with E-state index in [-0.39, 0.29) is 12.5 Å². The van der Waals surface area contributed by atoms with Crippen molar-refractivity contribution >= 4 is 27.1 Å². The molecular weight excluding hydrogens is 566 g/mol. The van der Waals surface area contributed by atoms with Crippen molar-refractivity contribution in [3.05, 3.63) is 53.6 Å². The molecule has 0 fully saturated rings. The highest BCUT2D eigenvalue weighted by atomic mass is 28.3. The first-order valence-electron chi connectivity index (χ1n) is 14.7. The van der Waals surface area contributed by atoms with Crippen LogP contribution < -0.4 is 5.73 Å². The molecule has 0 aliphatic rings. The van der Waals surface area contributed by atoms with Crippen LogP contribution in [0.4, 0.5) is 4.39 Å². The Bertz CT molecular complexity index is 1520. The molecule has 11 heteroatoms. The van der Waals surface area contributed by atoms with Crippen LogP contribution in [0.25, 0.3) is 33.5 Å². The van der Waals surface area contributed by atoms with E-state index in [0.717, 1.165) is 45.4 Å². The second kappa shape index (κ2) is 13.2. The van der Waals surface area contributed by atoms with Crippen LogP contribution in [0.5, 0.6) is 5.75 Å². The van der Waals surface area contributed by atoms with Gasteiger partial charge in [-0.3, -0.25) is 0 Å². The van der Waals surface area contributed by atoms with Crippen molar-refractivity contribution in [2.24, 2.45) is 5.73 Å². The summed E-state index contributed by atoms with van der Waals surface area (Å²) >= 11 is 0. The zero-order chi connectivity index (χ0) is 30.7. The number of ether oxygens (including phenoxy) is 2. The van der Waals surface area contributed by atoms with E-state index in [1.54, 1.807) is 0 Å². The van der Waals surface area contributed by atoms with Gasteiger partial charge in [-0.25, -0.2) is 14.1 Å². The quantitative estimate of drug-likeness (QED) is 0.117. The number of aromatic nitrogens is 4. The molecule has 0 bridgehead atoms. The predicted octanol–water partition coefficient (Wildman–Crippen LogP) is 7.06. The van der Waals surface area contributed by atoms with Gasteiger partial charge in [0.15, 0.2) is 17.4 Å². The van der Waals surface area contributed by atoms with Crippen molar-refractivity contribution in [1.82, 2.24) is 19.3 Å². The first kappa shape index (κ1) is 32.1. The fourth-order valence-corrected chi connectivity index (χ4v) is 6.21. The van der Waals surface area contributed by atoms with Crippen molar-refractivity contribution in [2.75, 3.05) is 13.2 Å². The van der Waals surface area contributed by atoms with Gasteiger partial charge in [-0.2, -0.15) is 5.10 Å². The summed E-state index contributed by atoms with van der Waals surface area (Å²) in [6.07, 6.45) is 2.59. The van der Waals surface area contributed by atoms with Crippen molar-refractivity contribution in [3.8, 4) is 28.4 Å². The van der Waals surface area contributed by atoms with Gasteiger partial charge >= 0.3 is 0 Å². The first-order chi connectivity index (χ1) is 19.8. The van der Waals surface area contributed by atoms with Crippen LogP contribution in [0, 0.1) is 5.82 Å². The largest absolute Gasteiger partial charge is 0.505 e. The van der Waals surface area contributed by atoms with Gasteiger partial charge in [0.2, 0.25) is 0 Å². The number of hydrogen-bond acceptors (Lipinski definition) is 6. The van der Waals surface area contributed by atoms with Crippen LogP contribution in [-0.4, -0.2) is 53.8 Å². The lowest BCUT2D eigenvalue weighted by Gasteiger charge is -2.16. The number of nitrogens with two attached hydrogens (primary N) is 1. The van der Waals surface area contributed by atoms with Gasteiger partial charge in [0.05, 0.1) is 11.2 Å². The molecule has 228 valence electrons. The van der Waals surface area contributed by atoms with Crippen LogP contribution in [0.15, 0.2) is 36.5 Å². The fourth-order valence-electron chi connectivity index (χ4n) is 4.70. The fraction of sp³-hybridized carbons (Fsp3) is 0.484. The van der Waals surface area contributed by atoms with Crippen LogP contribution in [0.3, 0.4) is 0 Å². The Morgan fingerprint density at radius 1 is 0.952 bits per heavy atom. The zero-order valence-electron chi connectivity index (χ0n) is 26.1. The van der Waals surface area contributed by atoms with E-state index in [2.05, 4.69) is 39.3 Å². The van der Waals surface area contributed by atoms with Crippen molar-refractivity contribution in [1.29, 1.82) is 0 Å². The smallest absolute Gasteiger partial charge is 0.165 e. The lowest BCUT2D eigenvalue weighted by molar-refractivity contribution is 0.0816. The standard InChI is InChI=1S/C31H46FN5O3Si2/c1-8-22-16-29(38)27(32)17-26(22)23-9-10-25-28(15-23)37(21-40-12-14-42(5,6)7)35-30(25)31-34-24(18-33)19-36(31)20-39-11-13-41(2,3)4/h9-10,15-17,19,38H,8,11-14,18,20-21,33H2,1-7H3. The molecule has 2 aromatic heterocycles. The van der Waals surface area contributed by atoms with Crippen molar-refractivity contribution in [2.45, 2.75) is 84.7 Å². The van der Waals surface area contributed by atoms with Crippen LogP contribution in [-0.2, 0) is 35.9 Å². The topological polar surface area (TPSA) is 100 Å². The summed E-state index contributed by atoms with van der Waals surface area (Å²) in [7, 11) is -2.47. The summed E-state index contributed by atoms with van der Waals surface area (Å²) in [6.45, 7) is 18.3. The maximum absolute atomic E-state index is 14.5. The summed E-state index contributed by atoms with van der Waals surface area (Å²) in [4.78, 5) is 4.83. The Morgan fingerprint density at radius 2 is 1.62 bits per heavy atom. The Morgan fingerprint density at radius 3 is 2.24 bits per heavy atom. The molecule has 0 aliphatic heterocycles. The van der Waals surface area contributed by atoms with E-state index in [4.69, 9.17) is 25.3 Å². The molecular formula is C31H46FN5O3Si2. The minimum absolute atomic E-state index is 0.284. The maximum Gasteiger partial charge on any atom is 0.165 e. The number of imidazole rings is 1. The van der Waals surface area contributed by atoms with E-state index < -0.39 is 22.0 Å². The molecule has 42 heavy (non-hydrogen) atoms. The first-order valence-corrected chi connectivity index (χ1v) is 22.2. The molecule has 0 atom stereocenters. The Kier molecular flexibility index (Phi) is 10.1. The Balaban J connectivity index is 1.76. The monoisotopic (exact) mass is 611 g/mol. The van der Waals surface area contributed by atoms with Crippen LogP contribution >= 0.6 is 0 Å². The van der Waals surface area contributed by atoms with Gasteiger partial charge in [0.1, 0.15) is 19.2 Å². The highest BCUT2D eigenvalue weighted by molar-refractivity contribution is 6.76. The summed E-state index contributed by atoms with van der Waals surface area (Å²) in [5, 5.41) is 15.9. The summed E-state index contributed by atoms with van der Waals surface area (Å²) in [5.74, 6) is -0.293. The lowest BCUT2D eigenvalue weighted by atomic mass is 9.96. The highest BCUT2D eigenvalue weighted by Crippen LogP contribution is 2.35. The number of rotatable bonds is 14. The van der Waals surface area contributed by atoms with Gasteiger partial charge < -0.3 is 24.9 Å². The number of hydrogen-bond donors (Lipinski definition) is 2. The molecule has 0 amide bonds. The molecule has 8 nitrogen and oxygen atoms in total. The molecule has 0 spiro atoms. The molecule has 4 rings (SSSR count). The van der Waals surface area contributed by atoms with E-state index in [1.165, 1.54) is 12.1 Å². The highest BCUT2D eigenvalue weighted by Gasteiger charge is 2.21. The minimum atomic E-state index is -1.25.